The summed E-state index contributed by atoms with van der Waals surface area (Å²) >= 11 is 3.57. The molecule has 3 heteroatoms. The van der Waals surface area contributed by atoms with Crippen molar-refractivity contribution in [2.75, 3.05) is 5.32 Å². The zero-order valence-corrected chi connectivity index (χ0v) is 11.9. The zero-order valence-electron chi connectivity index (χ0n) is 10.3. The molecule has 2 aromatic carbocycles. The summed E-state index contributed by atoms with van der Waals surface area (Å²) < 4.78 is 1.13. The van der Waals surface area contributed by atoms with Gasteiger partial charge in [0, 0.05) is 28.3 Å². The van der Waals surface area contributed by atoms with Crippen LogP contribution in [0.15, 0.2) is 65.3 Å². The van der Waals surface area contributed by atoms with Gasteiger partial charge in [0.1, 0.15) is 0 Å². The smallest absolute Gasteiger partial charge is 0.0722 e. The predicted octanol–water partition coefficient (Wildman–Crippen LogP) is 4.61. The van der Waals surface area contributed by atoms with Crippen LogP contribution in [0.25, 0.3) is 10.9 Å². The number of benzene rings is 2. The van der Waals surface area contributed by atoms with Crippen LogP contribution in [-0.2, 0) is 6.54 Å². The van der Waals surface area contributed by atoms with Crippen molar-refractivity contribution in [3.63, 3.8) is 0 Å². The van der Waals surface area contributed by atoms with Gasteiger partial charge in [-0.2, -0.15) is 0 Å². The number of anilines is 1. The molecule has 1 aromatic heterocycles. The van der Waals surface area contributed by atoms with Gasteiger partial charge in [0.25, 0.3) is 0 Å². The molecule has 0 aliphatic rings. The van der Waals surface area contributed by atoms with Crippen molar-refractivity contribution in [1.29, 1.82) is 0 Å². The summed E-state index contributed by atoms with van der Waals surface area (Å²) in [6, 6.07) is 18.4. The van der Waals surface area contributed by atoms with Crippen LogP contribution in [0, 0.1) is 0 Å². The Bertz CT molecular complexity index is 704. The lowest BCUT2D eigenvalue weighted by Crippen LogP contribution is -2.00. The van der Waals surface area contributed by atoms with Crippen molar-refractivity contribution in [2.45, 2.75) is 6.54 Å². The van der Waals surface area contributed by atoms with E-state index in [-0.39, 0.29) is 0 Å². The Morgan fingerprint density at radius 3 is 2.63 bits per heavy atom. The number of para-hydroxylation sites is 1. The van der Waals surface area contributed by atoms with Crippen molar-refractivity contribution < 1.29 is 0 Å². The summed E-state index contributed by atoms with van der Waals surface area (Å²) in [5.74, 6) is 0. The van der Waals surface area contributed by atoms with Gasteiger partial charge in [-0.15, -0.1) is 0 Å². The molecule has 0 radical (unpaired) electrons. The molecular weight excluding hydrogens is 300 g/mol. The highest BCUT2D eigenvalue weighted by Gasteiger charge is 2.02. The Labute approximate surface area is 120 Å². The minimum atomic E-state index is 0.787. The van der Waals surface area contributed by atoms with E-state index in [1.54, 1.807) is 0 Å². The first-order valence-electron chi connectivity index (χ1n) is 6.15. The number of nitrogens with zero attached hydrogens (tertiary/aromatic N) is 1. The summed E-state index contributed by atoms with van der Waals surface area (Å²) in [5, 5.41) is 4.62. The topological polar surface area (TPSA) is 24.9 Å². The summed E-state index contributed by atoms with van der Waals surface area (Å²) in [5.41, 5.74) is 3.37. The van der Waals surface area contributed by atoms with Crippen molar-refractivity contribution in [3.05, 3.63) is 70.8 Å². The first-order chi connectivity index (χ1) is 9.34. The molecule has 0 aliphatic heterocycles. The molecule has 0 saturated carbocycles. The molecule has 3 aromatic rings. The Balaban J connectivity index is 1.88. The minimum Gasteiger partial charge on any atom is -0.380 e. The van der Waals surface area contributed by atoms with Crippen molar-refractivity contribution >= 4 is 32.5 Å². The maximum atomic E-state index is 4.37. The summed E-state index contributed by atoms with van der Waals surface area (Å²) in [6.07, 6.45) is 1.84. The summed E-state index contributed by atoms with van der Waals surface area (Å²) in [6.45, 7) is 0.787. The molecule has 1 heterocycles. The average Bonchev–Trinajstić information content (AvgIpc) is 2.46. The van der Waals surface area contributed by atoms with Gasteiger partial charge in [0.05, 0.1) is 5.52 Å². The number of hydrogen-bond donors (Lipinski definition) is 1. The van der Waals surface area contributed by atoms with E-state index < -0.39 is 0 Å². The first-order valence-corrected chi connectivity index (χ1v) is 6.95. The fourth-order valence-corrected chi connectivity index (χ4v) is 2.51. The third-order valence-electron chi connectivity index (χ3n) is 3.08. The fraction of sp³-hybridized carbons (Fsp3) is 0.0625. The molecule has 2 nitrogen and oxygen atoms in total. The van der Waals surface area contributed by atoms with E-state index in [0.717, 1.165) is 27.6 Å². The molecule has 0 fully saturated rings. The lowest BCUT2D eigenvalue weighted by atomic mass is 10.1. The lowest BCUT2D eigenvalue weighted by Gasteiger charge is -2.10. The molecule has 0 spiro atoms. The van der Waals surface area contributed by atoms with Crippen LogP contribution >= 0.6 is 15.9 Å². The zero-order chi connectivity index (χ0) is 13.1. The van der Waals surface area contributed by atoms with Gasteiger partial charge >= 0.3 is 0 Å². The largest absolute Gasteiger partial charge is 0.380 e. The van der Waals surface area contributed by atoms with Gasteiger partial charge in [-0.1, -0.05) is 52.3 Å². The maximum Gasteiger partial charge on any atom is 0.0722 e. The van der Waals surface area contributed by atoms with E-state index in [2.05, 4.69) is 44.4 Å². The Hall–Kier alpha value is -1.87. The minimum absolute atomic E-state index is 0.787. The number of fused-ring (bicyclic) bond motifs is 1. The Morgan fingerprint density at radius 1 is 0.947 bits per heavy atom. The van der Waals surface area contributed by atoms with Crippen LogP contribution < -0.4 is 5.32 Å². The van der Waals surface area contributed by atoms with Gasteiger partial charge in [-0.05, 0) is 23.8 Å². The van der Waals surface area contributed by atoms with Crippen LogP contribution in [0.2, 0.25) is 0 Å². The molecule has 3 rings (SSSR count). The van der Waals surface area contributed by atoms with E-state index >= 15 is 0 Å². The van der Waals surface area contributed by atoms with Crippen molar-refractivity contribution in [2.24, 2.45) is 0 Å². The number of rotatable bonds is 3. The highest BCUT2D eigenvalue weighted by Crippen LogP contribution is 2.23. The highest BCUT2D eigenvalue weighted by molar-refractivity contribution is 9.10. The van der Waals surface area contributed by atoms with E-state index in [9.17, 15) is 0 Å². The number of aromatic nitrogens is 1. The SMILES string of the molecule is Brc1ccccc1CNc1ccnc2ccccc12. The molecule has 0 atom stereocenters. The molecular formula is C16H13BrN2. The van der Waals surface area contributed by atoms with Gasteiger partial charge in [-0.3, -0.25) is 4.98 Å². The van der Waals surface area contributed by atoms with Gasteiger partial charge in [0.15, 0.2) is 0 Å². The van der Waals surface area contributed by atoms with Crippen LogP contribution in [-0.4, -0.2) is 4.98 Å². The van der Waals surface area contributed by atoms with Crippen LogP contribution in [0.3, 0.4) is 0 Å². The number of hydrogen-bond acceptors (Lipinski definition) is 2. The summed E-state index contributed by atoms with van der Waals surface area (Å²) in [7, 11) is 0. The van der Waals surface area contributed by atoms with Gasteiger partial charge < -0.3 is 5.32 Å². The van der Waals surface area contributed by atoms with Gasteiger partial charge in [-0.25, -0.2) is 0 Å². The standard InChI is InChI=1S/C16H13BrN2/c17-14-7-3-1-5-12(14)11-19-16-9-10-18-15-8-4-2-6-13(15)16/h1-10H,11H2,(H,18,19). The van der Waals surface area contributed by atoms with E-state index in [0.29, 0.717) is 0 Å². The summed E-state index contributed by atoms with van der Waals surface area (Å²) in [4.78, 5) is 4.37. The van der Waals surface area contributed by atoms with Crippen LogP contribution in [0.4, 0.5) is 5.69 Å². The molecule has 1 N–H and O–H groups in total. The fourth-order valence-electron chi connectivity index (χ4n) is 2.08. The Kier molecular flexibility index (Phi) is 3.47. The number of nitrogens with one attached hydrogen (secondary N) is 1. The molecule has 0 saturated heterocycles. The third kappa shape index (κ3) is 2.61. The first kappa shape index (κ1) is 12.2. The second-order valence-corrected chi connectivity index (χ2v) is 5.17. The maximum absolute atomic E-state index is 4.37. The van der Waals surface area contributed by atoms with Crippen molar-refractivity contribution in [3.8, 4) is 0 Å². The second kappa shape index (κ2) is 5.41. The molecule has 0 amide bonds. The molecule has 94 valence electrons. The molecule has 19 heavy (non-hydrogen) atoms. The quantitative estimate of drug-likeness (QED) is 0.764. The number of halogens is 1. The Morgan fingerprint density at radius 2 is 1.74 bits per heavy atom. The monoisotopic (exact) mass is 312 g/mol. The molecule has 0 unspecified atom stereocenters. The highest BCUT2D eigenvalue weighted by atomic mass is 79.9. The van der Waals surface area contributed by atoms with E-state index in [1.807, 2.05) is 42.6 Å². The molecule has 0 aliphatic carbocycles. The second-order valence-electron chi connectivity index (χ2n) is 4.32. The normalized spacial score (nSPS) is 10.6. The predicted molar refractivity (Wildman–Crippen MR) is 83.2 cm³/mol. The third-order valence-corrected chi connectivity index (χ3v) is 3.85. The number of pyridine rings is 1. The van der Waals surface area contributed by atoms with Crippen molar-refractivity contribution in [1.82, 2.24) is 4.98 Å². The van der Waals surface area contributed by atoms with Crippen LogP contribution in [0.5, 0.6) is 0 Å². The average molecular weight is 313 g/mol. The molecule has 0 bridgehead atoms. The van der Waals surface area contributed by atoms with E-state index in [1.165, 1.54) is 5.56 Å². The van der Waals surface area contributed by atoms with Gasteiger partial charge in [0.2, 0.25) is 0 Å². The lowest BCUT2D eigenvalue weighted by molar-refractivity contribution is 1.14. The van der Waals surface area contributed by atoms with Crippen LogP contribution in [0.1, 0.15) is 5.56 Å². The van der Waals surface area contributed by atoms with E-state index in [4.69, 9.17) is 0 Å².